The summed E-state index contributed by atoms with van der Waals surface area (Å²) in [5, 5.41) is 10.7. The number of carbonyl (C=O) groups excluding carboxylic acids is 1. The van der Waals surface area contributed by atoms with Crippen LogP contribution in [-0.2, 0) is 17.9 Å². The first-order valence-electron chi connectivity index (χ1n) is 8.37. The Morgan fingerprint density at radius 3 is 2.68 bits per heavy atom. The number of benzene rings is 1. The molecule has 0 bridgehead atoms. The average Bonchev–Trinajstić information content (AvgIpc) is 3.05. The van der Waals surface area contributed by atoms with Crippen LogP contribution in [0, 0.1) is 5.82 Å². The Bertz CT molecular complexity index is 655. The molecular formula is C17H24FN5O2. The summed E-state index contributed by atoms with van der Waals surface area (Å²) in [6.45, 7) is 7.87. The lowest BCUT2D eigenvalue weighted by molar-refractivity contribution is -0.121. The number of hydrogen-bond acceptors (Lipinski definition) is 5. The topological polar surface area (TPSA) is 72.3 Å². The van der Waals surface area contributed by atoms with Gasteiger partial charge in [0.25, 0.3) is 0 Å². The number of ether oxygens (including phenoxy) is 1. The maximum absolute atomic E-state index is 12.8. The fraction of sp³-hybridized carbons (Fsp3) is 0.471. The Morgan fingerprint density at radius 2 is 2.00 bits per heavy atom. The first kappa shape index (κ1) is 18.9. The molecular weight excluding hydrogens is 325 g/mol. The summed E-state index contributed by atoms with van der Waals surface area (Å²) in [4.78, 5) is 14.1. The molecule has 2 aromatic rings. The summed E-state index contributed by atoms with van der Waals surface area (Å²) in [5.74, 6) is 0.124. The highest BCUT2D eigenvalue weighted by atomic mass is 19.1. The molecule has 1 heterocycles. The molecule has 0 aliphatic carbocycles. The maximum atomic E-state index is 12.8. The first-order valence-corrected chi connectivity index (χ1v) is 8.37. The minimum absolute atomic E-state index is 0.108. The number of likely N-dealkylation sites (N-methyl/N-ethyl adjacent to an activating group) is 1. The van der Waals surface area contributed by atoms with Crippen LogP contribution in [0.1, 0.15) is 19.5 Å². The van der Waals surface area contributed by atoms with Gasteiger partial charge in [-0.05, 0) is 37.4 Å². The molecule has 1 N–H and O–H groups in total. The van der Waals surface area contributed by atoms with E-state index in [1.807, 2.05) is 0 Å². The molecule has 0 unspecified atom stereocenters. The molecule has 25 heavy (non-hydrogen) atoms. The summed E-state index contributed by atoms with van der Waals surface area (Å²) >= 11 is 0. The van der Waals surface area contributed by atoms with Crippen molar-refractivity contribution in [1.82, 2.24) is 25.2 Å². The van der Waals surface area contributed by atoms with Gasteiger partial charge in [-0.25, -0.2) is 9.07 Å². The quantitative estimate of drug-likeness (QED) is 0.703. The van der Waals surface area contributed by atoms with E-state index in [0.717, 1.165) is 19.6 Å². The molecule has 0 saturated carbocycles. The highest BCUT2D eigenvalue weighted by Crippen LogP contribution is 2.12. The van der Waals surface area contributed by atoms with Crippen LogP contribution in [0.4, 0.5) is 4.39 Å². The molecule has 0 saturated heterocycles. The van der Waals surface area contributed by atoms with Gasteiger partial charge in [0, 0.05) is 13.1 Å². The van der Waals surface area contributed by atoms with Gasteiger partial charge in [-0.1, -0.05) is 19.1 Å². The molecule has 1 amide bonds. The van der Waals surface area contributed by atoms with Crippen LogP contribution in [0.2, 0.25) is 0 Å². The number of nitrogens with one attached hydrogen (secondary N) is 1. The highest BCUT2D eigenvalue weighted by Gasteiger charge is 2.07. The van der Waals surface area contributed by atoms with E-state index >= 15 is 0 Å². The molecule has 2 rings (SSSR count). The van der Waals surface area contributed by atoms with Crippen molar-refractivity contribution in [3.05, 3.63) is 42.0 Å². The summed E-state index contributed by atoms with van der Waals surface area (Å²) < 4.78 is 19.8. The Kier molecular flexibility index (Phi) is 7.34. The van der Waals surface area contributed by atoms with Gasteiger partial charge in [-0.3, -0.25) is 4.79 Å². The number of halogens is 1. The van der Waals surface area contributed by atoms with Crippen LogP contribution in [0.25, 0.3) is 0 Å². The van der Waals surface area contributed by atoms with Crippen LogP contribution in [-0.4, -0.2) is 52.0 Å². The fourth-order valence-electron chi connectivity index (χ4n) is 2.27. The minimum Gasteiger partial charge on any atom is -0.487 e. The van der Waals surface area contributed by atoms with Crippen LogP contribution >= 0.6 is 0 Å². The van der Waals surface area contributed by atoms with Gasteiger partial charge in [0.2, 0.25) is 5.91 Å². The molecule has 0 radical (unpaired) electrons. The highest BCUT2D eigenvalue weighted by molar-refractivity contribution is 5.75. The van der Waals surface area contributed by atoms with Gasteiger partial charge in [-0.15, -0.1) is 5.10 Å². The van der Waals surface area contributed by atoms with Gasteiger partial charge in [0.15, 0.2) is 0 Å². The molecule has 0 aliphatic heterocycles. The van der Waals surface area contributed by atoms with Gasteiger partial charge in [-0.2, -0.15) is 0 Å². The van der Waals surface area contributed by atoms with Crippen LogP contribution in [0.5, 0.6) is 5.75 Å². The van der Waals surface area contributed by atoms with E-state index in [-0.39, 0.29) is 24.9 Å². The smallest absolute Gasteiger partial charge is 0.241 e. The Labute approximate surface area is 146 Å². The molecule has 1 aromatic heterocycles. The van der Waals surface area contributed by atoms with E-state index in [9.17, 15) is 9.18 Å². The fourth-order valence-corrected chi connectivity index (χ4v) is 2.27. The van der Waals surface area contributed by atoms with Crippen molar-refractivity contribution in [3.63, 3.8) is 0 Å². The zero-order valence-corrected chi connectivity index (χ0v) is 14.6. The summed E-state index contributed by atoms with van der Waals surface area (Å²) in [6.07, 6.45) is 1.66. The van der Waals surface area contributed by atoms with Gasteiger partial charge in [0.1, 0.15) is 30.4 Å². The van der Waals surface area contributed by atoms with E-state index in [1.54, 1.807) is 18.3 Å². The number of hydrogen-bond donors (Lipinski definition) is 1. The second-order valence-corrected chi connectivity index (χ2v) is 5.53. The molecule has 0 aliphatic rings. The number of nitrogens with zero attached hydrogens (tertiary/aromatic N) is 4. The van der Waals surface area contributed by atoms with Crippen molar-refractivity contribution in [1.29, 1.82) is 0 Å². The Hall–Kier alpha value is -2.48. The number of carbonyl (C=O) groups is 1. The minimum atomic E-state index is -0.315. The van der Waals surface area contributed by atoms with E-state index in [2.05, 4.69) is 34.4 Å². The summed E-state index contributed by atoms with van der Waals surface area (Å²) in [6, 6.07) is 5.75. The van der Waals surface area contributed by atoms with Crippen LogP contribution < -0.4 is 10.1 Å². The second kappa shape index (κ2) is 9.73. The molecule has 8 heteroatoms. The largest absolute Gasteiger partial charge is 0.487 e. The second-order valence-electron chi connectivity index (χ2n) is 5.53. The van der Waals surface area contributed by atoms with E-state index in [0.29, 0.717) is 18.0 Å². The first-order chi connectivity index (χ1) is 12.1. The van der Waals surface area contributed by atoms with Crippen molar-refractivity contribution in [2.24, 2.45) is 0 Å². The third-order valence-corrected chi connectivity index (χ3v) is 3.74. The third-order valence-electron chi connectivity index (χ3n) is 3.74. The number of rotatable bonds is 10. The lowest BCUT2D eigenvalue weighted by Gasteiger charge is -2.17. The van der Waals surface area contributed by atoms with Gasteiger partial charge in [0.05, 0.1) is 6.20 Å². The van der Waals surface area contributed by atoms with Crippen LogP contribution in [0.3, 0.4) is 0 Å². The monoisotopic (exact) mass is 349 g/mol. The molecule has 0 atom stereocenters. The Morgan fingerprint density at radius 1 is 1.28 bits per heavy atom. The molecule has 0 fully saturated rings. The standard InChI is InChI=1S/C17H24FN5O2/c1-3-22(4-2)10-9-19-17(24)12-23-11-15(20-21-23)13-25-16-7-5-14(18)6-8-16/h5-8,11H,3-4,9-10,12-13H2,1-2H3,(H,19,24). The number of aromatic nitrogens is 3. The normalized spacial score (nSPS) is 10.9. The third kappa shape index (κ3) is 6.50. The zero-order valence-electron chi connectivity index (χ0n) is 14.6. The van der Waals surface area contributed by atoms with Crippen molar-refractivity contribution in [2.75, 3.05) is 26.2 Å². The summed E-state index contributed by atoms with van der Waals surface area (Å²) in [7, 11) is 0. The SMILES string of the molecule is CCN(CC)CCNC(=O)Cn1cc(COc2ccc(F)cc2)nn1. The Balaban J connectivity index is 1.73. The zero-order chi connectivity index (χ0) is 18.1. The van der Waals surface area contributed by atoms with Gasteiger partial charge >= 0.3 is 0 Å². The predicted molar refractivity (Wildman–Crippen MR) is 91.6 cm³/mol. The lowest BCUT2D eigenvalue weighted by Crippen LogP contribution is -2.36. The summed E-state index contributed by atoms with van der Waals surface area (Å²) in [5.41, 5.74) is 0.597. The van der Waals surface area contributed by atoms with Crippen molar-refractivity contribution < 1.29 is 13.9 Å². The van der Waals surface area contributed by atoms with E-state index < -0.39 is 0 Å². The van der Waals surface area contributed by atoms with Crippen molar-refractivity contribution in [3.8, 4) is 5.75 Å². The number of amides is 1. The van der Waals surface area contributed by atoms with E-state index in [1.165, 1.54) is 16.8 Å². The molecule has 7 nitrogen and oxygen atoms in total. The van der Waals surface area contributed by atoms with Crippen molar-refractivity contribution >= 4 is 5.91 Å². The van der Waals surface area contributed by atoms with Gasteiger partial charge < -0.3 is 15.0 Å². The average molecular weight is 349 g/mol. The van der Waals surface area contributed by atoms with Crippen molar-refractivity contribution in [2.45, 2.75) is 27.0 Å². The molecule has 136 valence electrons. The predicted octanol–water partition coefficient (Wildman–Crippen LogP) is 1.45. The lowest BCUT2D eigenvalue weighted by atomic mass is 10.3. The maximum Gasteiger partial charge on any atom is 0.241 e. The molecule has 0 spiro atoms. The van der Waals surface area contributed by atoms with Crippen LogP contribution in [0.15, 0.2) is 30.5 Å². The van der Waals surface area contributed by atoms with E-state index in [4.69, 9.17) is 4.74 Å². The molecule has 1 aromatic carbocycles.